The van der Waals surface area contributed by atoms with E-state index >= 15 is 0 Å². The summed E-state index contributed by atoms with van der Waals surface area (Å²) >= 11 is 0. The van der Waals surface area contributed by atoms with Crippen LogP contribution in [0.3, 0.4) is 0 Å². The number of anilines is 1. The Morgan fingerprint density at radius 2 is 2.07 bits per heavy atom. The lowest BCUT2D eigenvalue weighted by Gasteiger charge is -2.06. The Kier molecular flexibility index (Phi) is 3.50. The maximum atomic E-state index is 12.6. The van der Waals surface area contributed by atoms with Crippen LogP contribution in [0.2, 0.25) is 0 Å². The molecule has 1 saturated carbocycles. The van der Waals surface area contributed by atoms with Crippen molar-refractivity contribution in [2.24, 2.45) is 7.05 Å². The van der Waals surface area contributed by atoms with Gasteiger partial charge >= 0.3 is 0 Å². The molecule has 7 heteroatoms. The number of fused-ring (bicyclic) bond motifs is 2. The van der Waals surface area contributed by atoms with Crippen LogP contribution in [-0.4, -0.2) is 30.2 Å². The number of imidazole rings is 1. The molecule has 0 saturated heterocycles. The molecule has 0 spiro atoms. The molecule has 0 radical (unpaired) electrons. The summed E-state index contributed by atoms with van der Waals surface area (Å²) < 4.78 is 3.57. The molecular formula is C20H20N6O. The van der Waals surface area contributed by atoms with Crippen LogP contribution in [0.4, 0.5) is 5.95 Å². The molecule has 3 heterocycles. The lowest BCUT2D eigenvalue weighted by Crippen LogP contribution is -2.21. The predicted octanol–water partition coefficient (Wildman–Crippen LogP) is 3.14. The summed E-state index contributed by atoms with van der Waals surface area (Å²) in [4.78, 5) is 21.6. The molecule has 5 rings (SSSR count). The Hall–Kier alpha value is -3.22. The second kappa shape index (κ2) is 5.90. The van der Waals surface area contributed by atoms with Crippen LogP contribution in [0.15, 0.2) is 36.5 Å². The Morgan fingerprint density at radius 1 is 1.26 bits per heavy atom. The SMILES string of the molecule is Cc1nn(CC(=O)Nc2nc3ccccc3n2C)c2nccc(C3CC3)c12. The third-order valence-electron chi connectivity index (χ3n) is 5.19. The molecule has 1 aliphatic carbocycles. The van der Waals surface area contributed by atoms with Crippen molar-refractivity contribution in [1.82, 2.24) is 24.3 Å². The largest absolute Gasteiger partial charge is 0.313 e. The van der Waals surface area contributed by atoms with Crippen LogP contribution in [0, 0.1) is 6.92 Å². The highest BCUT2D eigenvalue weighted by Gasteiger charge is 2.27. The van der Waals surface area contributed by atoms with E-state index in [1.54, 1.807) is 4.68 Å². The van der Waals surface area contributed by atoms with Gasteiger partial charge in [0.1, 0.15) is 6.54 Å². The molecule has 0 bridgehead atoms. The van der Waals surface area contributed by atoms with E-state index in [1.165, 1.54) is 18.4 Å². The first-order valence-electron chi connectivity index (χ1n) is 9.15. The zero-order valence-corrected chi connectivity index (χ0v) is 15.3. The molecule has 1 aliphatic rings. The highest BCUT2D eigenvalue weighted by molar-refractivity contribution is 5.92. The first-order chi connectivity index (χ1) is 13.1. The summed E-state index contributed by atoms with van der Waals surface area (Å²) in [7, 11) is 1.89. The number of rotatable bonds is 4. The molecule has 3 aromatic heterocycles. The van der Waals surface area contributed by atoms with E-state index in [0.717, 1.165) is 27.8 Å². The highest BCUT2D eigenvalue weighted by atomic mass is 16.2. The minimum atomic E-state index is -0.170. The number of benzene rings is 1. The molecule has 0 unspecified atom stereocenters. The third kappa shape index (κ3) is 2.66. The molecule has 1 aromatic carbocycles. The van der Waals surface area contributed by atoms with E-state index in [-0.39, 0.29) is 12.5 Å². The number of nitrogens with zero attached hydrogens (tertiary/aromatic N) is 5. The number of carbonyl (C=O) groups is 1. The number of hydrogen-bond acceptors (Lipinski definition) is 4. The standard InChI is InChI=1S/C20H20N6O/c1-12-18-14(13-7-8-13)9-10-21-19(18)26(24-12)11-17(27)23-20-22-15-5-3-4-6-16(15)25(20)2/h3-6,9-10,13H,7-8,11H2,1-2H3,(H,22,23,27). The topological polar surface area (TPSA) is 77.6 Å². The molecule has 0 atom stereocenters. The number of carbonyl (C=O) groups excluding carboxylic acids is 1. The lowest BCUT2D eigenvalue weighted by molar-refractivity contribution is -0.116. The summed E-state index contributed by atoms with van der Waals surface area (Å²) in [6, 6.07) is 9.88. The van der Waals surface area contributed by atoms with Gasteiger partial charge in [-0.2, -0.15) is 5.10 Å². The van der Waals surface area contributed by atoms with Crippen molar-refractivity contribution in [2.75, 3.05) is 5.32 Å². The van der Waals surface area contributed by atoms with Crippen LogP contribution in [-0.2, 0) is 18.4 Å². The molecule has 27 heavy (non-hydrogen) atoms. The first-order valence-corrected chi connectivity index (χ1v) is 9.15. The van der Waals surface area contributed by atoms with E-state index in [2.05, 4.69) is 26.4 Å². The van der Waals surface area contributed by atoms with Gasteiger partial charge < -0.3 is 4.57 Å². The van der Waals surface area contributed by atoms with Crippen molar-refractivity contribution >= 4 is 33.9 Å². The van der Waals surface area contributed by atoms with Crippen molar-refractivity contribution in [2.45, 2.75) is 32.2 Å². The van der Waals surface area contributed by atoms with Crippen molar-refractivity contribution in [3.05, 3.63) is 47.8 Å². The summed E-state index contributed by atoms with van der Waals surface area (Å²) in [5.74, 6) is 0.970. The molecule has 1 amide bonds. The number of pyridine rings is 1. The molecular weight excluding hydrogens is 340 g/mol. The van der Waals surface area contributed by atoms with Crippen molar-refractivity contribution in [1.29, 1.82) is 0 Å². The Bertz CT molecular complexity index is 1180. The zero-order chi connectivity index (χ0) is 18.5. The zero-order valence-electron chi connectivity index (χ0n) is 15.3. The Labute approximate surface area is 156 Å². The molecule has 136 valence electrons. The maximum Gasteiger partial charge on any atom is 0.248 e. The average molecular weight is 360 g/mol. The van der Waals surface area contributed by atoms with Crippen LogP contribution < -0.4 is 5.32 Å². The van der Waals surface area contributed by atoms with Crippen LogP contribution >= 0.6 is 0 Å². The number of aryl methyl sites for hydroxylation is 2. The van der Waals surface area contributed by atoms with Gasteiger partial charge in [0.2, 0.25) is 11.9 Å². The minimum Gasteiger partial charge on any atom is -0.313 e. The Morgan fingerprint density at radius 3 is 2.85 bits per heavy atom. The van der Waals surface area contributed by atoms with Crippen molar-refractivity contribution < 1.29 is 4.79 Å². The molecule has 1 N–H and O–H groups in total. The van der Waals surface area contributed by atoms with E-state index in [0.29, 0.717) is 11.9 Å². The number of aromatic nitrogens is 5. The van der Waals surface area contributed by atoms with Gasteiger partial charge in [0.05, 0.1) is 16.7 Å². The second-order valence-corrected chi connectivity index (χ2v) is 7.15. The van der Waals surface area contributed by atoms with E-state index in [9.17, 15) is 4.79 Å². The van der Waals surface area contributed by atoms with E-state index < -0.39 is 0 Å². The van der Waals surface area contributed by atoms with Gasteiger partial charge in [0, 0.05) is 18.6 Å². The fraction of sp³-hybridized carbons (Fsp3) is 0.300. The van der Waals surface area contributed by atoms with Crippen LogP contribution in [0.25, 0.3) is 22.1 Å². The van der Waals surface area contributed by atoms with Crippen LogP contribution in [0.5, 0.6) is 0 Å². The molecule has 4 aromatic rings. The molecule has 1 fully saturated rings. The van der Waals surface area contributed by atoms with Crippen molar-refractivity contribution in [3.8, 4) is 0 Å². The monoisotopic (exact) mass is 360 g/mol. The predicted molar refractivity (Wildman–Crippen MR) is 104 cm³/mol. The quantitative estimate of drug-likeness (QED) is 0.606. The molecule has 0 aliphatic heterocycles. The highest BCUT2D eigenvalue weighted by Crippen LogP contribution is 2.43. The van der Waals surface area contributed by atoms with Gasteiger partial charge in [-0.3, -0.25) is 10.1 Å². The first kappa shape index (κ1) is 16.0. The fourth-order valence-electron chi connectivity index (χ4n) is 3.71. The van der Waals surface area contributed by atoms with E-state index in [4.69, 9.17) is 0 Å². The van der Waals surface area contributed by atoms with Gasteiger partial charge in [-0.1, -0.05) is 12.1 Å². The number of amides is 1. The van der Waals surface area contributed by atoms with Gasteiger partial charge in [-0.25, -0.2) is 14.6 Å². The second-order valence-electron chi connectivity index (χ2n) is 7.15. The fourth-order valence-corrected chi connectivity index (χ4v) is 3.71. The summed E-state index contributed by atoms with van der Waals surface area (Å²) in [5.41, 5.74) is 4.84. The van der Waals surface area contributed by atoms with E-state index in [1.807, 2.05) is 49.0 Å². The minimum absolute atomic E-state index is 0.106. The smallest absolute Gasteiger partial charge is 0.248 e. The van der Waals surface area contributed by atoms with Gasteiger partial charge in [-0.15, -0.1) is 0 Å². The Balaban J connectivity index is 1.44. The average Bonchev–Trinajstić information content (AvgIpc) is 3.40. The summed E-state index contributed by atoms with van der Waals surface area (Å²) in [6.07, 6.45) is 4.25. The number of hydrogen-bond donors (Lipinski definition) is 1. The summed E-state index contributed by atoms with van der Waals surface area (Å²) in [6.45, 7) is 2.09. The number of para-hydroxylation sites is 2. The molecule has 7 nitrogen and oxygen atoms in total. The van der Waals surface area contributed by atoms with Gasteiger partial charge in [0.25, 0.3) is 0 Å². The number of nitrogens with one attached hydrogen (secondary N) is 1. The van der Waals surface area contributed by atoms with Gasteiger partial charge in [0.15, 0.2) is 5.65 Å². The van der Waals surface area contributed by atoms with Crippen molar-refractivity contribution in [3.63, 3.8) is 0 Å². The third-order valence-corrected chi connectivity index (χ3v) is 5.19. The lowest BCUT2D eigenvalue weighted by atomic mass is 10.1. The normalized spacial score (nSPS) is 14.1. The maximum absolute atomic E-state index is 12.6. The van der Waals surface area contributed by atoms with Crippen LogP contribution in [0.1, 0.15) is 30.0 Å². The summed E-state index contributed by atoms with van der Waals surface area (Å²) in [5, 5.41) is 8.56. The van der Waals surface area contributed by atoms with Gasteiger partial charge in [-0.05, 0) is 49.4 Å².